The maximum Gasteiger partial charge on any atom is 0.124 e. The highest BCUT2D eigenvalue weighted by molar-refractivity contribution is 5.36. The van der Waals surface area contributed by atoms with Crippen LogP contribution in [0.15, 0.2) is 18.2 Å². The van der Waals surface area contributed by atoms with Crippen LogP contribution in [-0.4, -0.2) is 13.2 Å². The fourth-order valence-electron chi connectivity index (χ4n) is 2.80. The third-order valence-corrected chi connectivity index (χ3v) is 4.07. The van der Waals surface area contributed by atoms with Gasteiger partial charge in [0.15, 0.2) is 0 Å². The van der Waals surface area contributed by atoms with Gasteiger partial charge in [0, 0.05) is 12.1 Å². The summed E-state index contributed by atoms with van der Waals surface area (Å²) in [6, 6.07) is 6.07. The minimum absolute atomic E-state index is 0.389. The average molecular weight is 263 g/mol. The van der Waals surface area contributed by atoms with Crippen molar-refractivity contribution < 1.29 is 9.47 Å². The second kappa shape index (κ2) is 6.92. The monoisotopic (exact) mass is 263 g/mol. The smallest absolute Gasteiger partial charge is 0.124 e. The molecule has 3 nitrogen and oxygen atoms in total. The third-order valence-electron chi connectivity index (χ3n) is 4.07. The van der Waals surface area contributed by atoms with Gasteiger partial charge in [-0.25, -0.2) is 0 Å². The maximum absolute atomic E-state index is 6.10. The van der Waals surface area contributed by atoms with Gasteiger partial charge < -0.3 is 15.2 Å². The summed E-state index contributed by atoms with van der Waals surface area (Å²) in [7, 11) is 1.70. The zero-order valence-corrected chi connectivity index (χ0v) is 12.0. The molecule has 106 valence electrons. The van der Waals surface area contributed by atoms with Crippen LogP contribution in [0.1, 0.15) is 43.7 Å². The molecule has 0 aliphatic heterocycles. The SMILES string of the molecule is COc1ccc(CN)cc1COC1CCCCC1C. The van der Waals surface area contributed by atoms with Crippen molar-refractivity contribution in [3.8, 4) is 5.75 Å². The van der Waals surface area contributed by atoms with Gasteiger partial charge in [0.1, 0.15) is 5.75 Å². The number of rotatable bonds is 5. The zero-order chi connectivity index (χ0) is 13.7. The molecule has 0 radical (unpaired) electrons. The lowest BCUT2D eigenvalue weighted by Crippen LogP contribution is -2.25. The fourth-order valence-corrected chi connectivity index (χ4v) is 2.80. The van der Waals surface area contributed by atoms with Crippen LogP contribution in [-0.2, 0) is 17.9 Å². The predicted octanol–water partition coefficient (Wildman–Crippen LogP) is 3.25. The molecule has 1 aliphatic rings. The fraction of sp³-hybridized carbons (Fsp3) is 0.625. The van der Waals surface area contributed by atoms with E-state index >= 15 is 0 Å². The molecule has 1 aromatic carbocycles. The number of hydrogen-bond donors (Lipinski definition) is 1. The molecule has 2 N–H and O–H groups in total. The highest BCUT2D eigenvalue weighted by Crippen LogP contribution is 2.28. The Morgan fingerprint density at radius 2 is 2.05 bits per heavy atom. The number of methoxy groups -OCH3 is 1. The van der Waals surface area contributed by atoms with Crippen molar-refractivity contribution in [3.05, 3.63) is 29.3 Å². The van der Waals surface area contributed by atoms with E-state index in [9.17, 15) is 0 Å². The summed E-state index contributed by atoms with van der Waals surface area (Å²) in [6.45, 7) is 3.46. The van der Waals surface area contributed by atoms with Crippen LogP contribution in [0.3, 0.4) is 0 Å². The van der Waals surface area contributed by atoms with Crippen molar-refractivity contribution in [1.29, 1.82) is 0 Å². The lowest BCUT2D eigenvalue weighted by molar-refractivity contribution is -0.0161. The summed E-state index contributed by atoms with van der Waals surface area (Å²) < 4.78 is 11.5. The van der Waals surface area contributed by atoms with Gasteiger partial charge in [-0.2, -0.15) is 0 Å². The van der Waals surface area contributed by atoms with E-state index in [1.807, 2.05) is 12.1 Å². The molecular formula is C16H25NO2. The summed E-state index contributed by atoms with van der Waals surface area (Å²) in [5, 5.41) is 0. The van der Waals surface area contributed by atoms with Gasteiger partial charge in [0.2, 0.25) is 0 Å². The minimum atomic E-state index is 0.389. The second-order valence-corrected chi connectivity index (χ2v) is 5.46. The lowest BCUT2D eigenvalue weighted by atomic mass is 9.88. The Bertz CT molecular complexity index is 406. The van der Waals surface area contributed by atoms with Crippen LogP contribution in [0, 0.1) is 5.92 Å². The Kier molecular flexibility index (Phi) is 5.23. The van der Waals surface area contributed by atoms with E-state index in [0.29, 0.717) is 25.2 Å². The first-order valence-electron chi connectivity index (χ1n) is 7.22. The lowest BCUT2D eigenvalue weighted by Gasteiger charge is -2.29. The molecule has 19 heavy (non-hydrogen) atoms. The molecule has 0 heterocycles. The molecule has 1 saturated carbocycles. The molecular weight excluding hydrogens is 238 g/mol. The van der Waals surface area contributed by atoms with Crippen molar-refractivity contribution in [1.82, 2.24) is 0 Å². The van der Waals surface area contributed by atoms with Crippen molar-refractivity contribution in [2.75, 3.05) is 7.11 Å². The normalized spacial score (nSPS) is 23.3. The van der Waals surface area contributed by atoms with E-state index in [1.54, 1.807) is 7.11 Å². The van der Waals surface area contributed by atoms with Crippen molar-refractivity contribution >= 4 is 0 Å². The van der Waals surface area contributed by atoms with Gasteiger partial charge in [0.25, 0.3) is 0 Å². The van der Waals surface area contributed by atoms with Crippen LogP contribution in [0.5, 0.6) is 5.75 Å². The first-order chi connectivity index (χ1) is 9.24. The van der Waals surface area contributed by atoms with E-state index in [-0.39, 0.29) is 0 Å². The van der Waals surface area contributed by atoms with Crippen molar-refractivity contribution in [2.24, 2.45) is 11.7 Å². The molecule has 1 aromatic rings. The zero-order valence-electron chi connectivity index (χ0n) is 12.0. The van der Waals surface area contributed by atoms with Gasteiger partial charge >= 0.3 is 0 Å². The highest BCUT2D eigenvalue weighted by Gasteiger charge is 2.22. The van der Waals surface area contributed by atoms with Gasteiger partial charge in [0.05, 0.1) is 19.8 Å². The molecule has 2 unspecified atom stereocenters. The molecule has 0 aromatic heterocycles. The molecule has 2 atom stereocenters. The van der Waals surface area contributed by atoms with E-state index in [4.69, 9.17) is 15.2 Å². The molecule has 2 rings (SSSR count). The molecule has 0 spiro atoms. The summed E-state index contributed by atoms with van der Waals surface area (Å²) in [4.78, 5) is 0. The standard InChI is InChI=1S/C16H25NO2/c1-12-5-3-4-6-15(12)19-11-14-9-13(10-17)7-8-16(14)18-2/h7-9,12,15H,3-6,10-11,17H2,1-2H3. The first kappa shape index (κ1) is 14.4. The van der Waals surface area contributed by atoms with Crippen LogP contribution in [0.2, 0.25) is 0 Å². The largest absolute Gasteiger partial charge is 0.496 e. The summed E-state index contributed by atoms with van der Waals surface area (Å²) >= 11 is 0. The van der Waals surface area contributed by atoms with Crippen LogP contribution in [0.4, 0.5) is 0 Å². The quantitative estimate of drug-likeness (QED) is 0.887. The van der Waals surface area contributed by atoms with Crippen molar-refractivity contribution in [3.63, 3.8) is 0 Å². The Morgan fingerprint density at radius 1 is 1.26 bits per heavy atom. The second-order valence-electron chi connectivity index (χ2n) is 5.46. The number of nitrogens with two attached hydrogens (primary N) is 1. The molecule has 1 fully saturated rings. The Labute approximate surface area is 116 Å². The topological polar surface area (TPSA) is 44.5 Å². The molecule has 3 heteroatoms. The Hall–Kier alpha value is -1.06. The van der Waals surface area contributed by atoms with Gasteiger partial charge in [-0.3, -0.25) is 0 Å². The maximum atomic E-state index is 6.10. The highest BCUT2D eigenvalue weighted by atomic mass is 16.5. The third kappa shape index (κ3) is 3.71. The van der Waals surface area contributed by atoms with Crippen LogP contribution < -0.4 is 10.5 Å². The summed E-state index contributed by atoms with van der Waals surface area (Å²) in [6.07, 6.45) is 5.48. The number of benzene rings is 1. The number of ether oxygens (including phenoxy) is 2. The molecule has 0 saturated heterocycles. The Morgan fingerprint density at radius 3 is 2.74 bits per heavy atom. The first-order valence-corrected chi connectivity index (χ1v) is 7.22. The molecule has 1 aliphatic carbocycles. The minimum Gasteiger partial charge on any atom is -0.496 e. The van der Waals surface area contributed by atoms with E-state index in [2.05, 4.69) is 13.0 Å². The van der Waals surface area contributed by atoms with Gasteiger partial charge in [-0.15, -0.1) is 0 Å². The van der Waals surface area contributed by atoms with Crippen LogP contribution >= 0.6 is 0 Å². The van der Waals surface area contributed by atoms with E-state index in [0.717, 1.165) is 16.9 Å². The average Bonchev–Trinajstić information content (AvgIpc) is 2.46. The summed E-state index contributed by atoms with van der Waals surface area (Å²) in [5.41, 5.74) is 7.91. The van der Waals surface area contributed by atoms with Crippen molar-refractivity contribution in [2.45, 2.75) is 51.9 Å². The Balaban J connectivity index is 2.01. The van der Waals surface area contributed by atoms with Crippen LogP contribution in [0.25, 0.3) is 0 Å². The van der Waals surface area contributed by atoms with E-state index in [1.165, 1.54) is 25.7 Å². The van der Waals surface area contributed by atoms with E-state index < -0.39 is 0 Å². The van der Waals surface area contributed by atoms with Gasteiger partial charge in [-0.05, 0) is 36.5 Å². The predicted molar refractivity (Wildman–Crippen MR) is 77.1 cm³/mol. The molecule has 0 bridgehead atoms. The molecule has 0 amide bonds. The summed E-state index contributed by atoms with van der Waals surface area (Å²) in [5.74, 6) is 1.55. The van der Waals surface area contributed by atoms with Gasteiger partial charge in [-0.1, -0.05) is 25.8 Å². The number of hydrogen-bond acceptors (Lipinski definition) is 3.